The normalized spacial score (nSPS) is 18.3. The van der Waals surface area contributed by atoms with Gasteiger partial charge in [-0.25, -0.2) is 4.68 Å². The van der Waals surface area contributed by atoms with Gasteiger partial charge in [-0.1, -0.05) is 54.1 Å². The van der Waals surface area contributed by atoms with Crippen molar-refractivity contribution in [2.75, 3.05) is 0 Å². The minimum atomic E-state index is -0.164. The Balaban J connectivity index is 1.66. The summed E-state index contributed by atoms with van der Waals surface area (Å²) in [6.07, 6.45) is 2.17. The molecule has 4 nitrogen and oxygen atoms in total. The fourth-order valence-electron chi connectivity index (χ4n) is 4.39. The molecule has 0 saturated carbocycles. The minimum absolute atomic E-state index is 0.164. The summed E-state index contributed by atoms with van der Waals surface area (Å²) in [5.74, 6) is 1.55. The van der Waals surface area contributed by atoms with Crippen molar-refractivity contribution < 1.29 is 9.53 Å². The molecule has 0 unspecified atom stereocenters. The van der Waals surface area contributed by atoms with Crippen LogP contribution in [0.3, 0.4) is 0 Å². The highest BCUT2D eigenvalue weighted by molar-refractivity contribution is 6.30. The second kappa shape index (κ2) is 7.20. The molecule has 0 radical (unpaired) electrons. The number of hydrogen-bond donors (Lipinski definition) is 0. The Hall–Kier alpha value is -2.85. The summed E-state index contributed by atoms with van der Waals surface area (Å²) in [7, 11) is 0. The Bertz CT molecular complexity index is 1110. The lowest BCUT2D eigenvalue weighted by molar-refractivity contribution is -0.116. The molecule has 0 saturated heterocycles. The van der Waals surface area contributed by atoms with Crippen molar-refractivity contribution >= 4 is 17.4 Å². The number of aryl methyl sites for hydroxylation is 1. The summed E-state index contributed by atoms with van der Waals surface area (Å²) in [5, 5.41) is 5.47. The molecule has 1 atom stereocenters. The van der Waals surface area contributed by atoms with Crippen LogP contribution in [0.5, 0.6) is 5.88 Å². The number of benzene rings is 2. The van der Waals surface area contributed by atoms with Crippen molar-refractivity contribution in [1.29, 1.82) is 0 Å². The molecule has 29 heavy (non-hydrogen) atoms. The molecule has 5 rings (SSSR count). The molecule has 0 spiro atoms. The number of nitrogens with zero attached hydrogens (tertiary/aromatic N) is 2. The first-order chi connectivity index (χ1) is 14.1. The van der Waals surface area contributed by atoms with E-state index in [4.69, 9.17) is 21.4 Å². The number of rotatable bonds is 3. The van der Waals surface area contributed by atoms with E-state index in [0.717, 1.165) is 52.4 Å². The van der Waals surface area contributed by atoms with Gasteiger partial charge < -0.3 is 4.74 Å². The number of aromatic nitrogens is 2. The van der Waals surface area contributed by atoms with Crippen LogP contribution in [0.15, 0.2) is 65.9 Å². The number of halogens is 1. The summed E-state index contributed by atoms with van der Waals surface area (Å²) in [6.45, 7) is 2.62. The van der Waals surface area contributed by atoms with Gasteiger partial charge in [-0.3, -0.25) is 4.79 Å². The summed E-state index contributed by atoms with van der Waals surface area (Å²) in [5.41, 5.74) is 4.86. The van der Waals surface area contributed by atoms with Gasteiger partial charge in [0.1, 0.15) is 5.76 Å². The summed E-state index contributed by atoms with van der Waals surface area (Å²) >= 11 is 6.12. The van der Waals surface area contributed by atoms with Crippen LogP contribution in [0.1, 0.15) is 47.6 Å². The van der Waals surface area contributed by atoms with Gasteiger partial charge in [-0.05, 0) is 36.6 Å². The molecule has 5 heteroatoms. The molecule has 1 aromatic heterocycles. The smallest absolute Gasteiger partial charge is 0.222 e. The molecule has 2 heterocycles. The average Bonchev–Trinajstić information content (AvgIpc) is 3.03. The zero-order chi connectivity index (χ0) is 20.0. The predicted octanol–water partition coefficient (Wildman–Crippen LogP) is 5.42. The number of fused-ring (bicyclic) bond motifs is 1. The minimum Gasteiger partial charge on any atom is -0.443 e. The largest absolute Gasteiger partial charge is 0.443 e. The molecule has 0 fully saturated rings. The van der Waals surface area contributed by atoms with E-state index in [1.165, 1.54) is 0 Å². The fourth-order valence-corrected chi connectivity index (χ4v) is 4.52. The number of ether oxygens (including phenoxy) is 1. The molecule has 0 N–H and O–H groups in total. The highest BCUT2D eigenvalue weighted by Crippen LogP contribution is 2.48. The zero-order valence-corrected chi connectivity index (χ0v) is 16.9. The molecule has 1 aliphatic carbocycles. The van der Waals surface area contributed by atoms with E-state index in [0.29, 0.717) is 18.0 Å². The van der Waals surface area contributed by atoms with Crippen LogP contribution in [0.4, 0.5) is 0 Å². The van der Waals surface area contributed by atoms with Gasteiger partial charge in [-0.15, -0.1) is 0 Å². The molecular formula is C24H21ClN2O2. The van der Waals surface area contributed by atoms with E-state index in [9.17, 15) is 4.79 Å². The van der Waals surface area contributed by atoms with Gasteiger partial charge in [0.15, 0.2) is 5.78 Å². The molecule has 2 aromatic carbocycles. The zero-order valence-electron chi connectivity index (χ0n) is 16.2. The van der Waals surface area contributed by atoms with Crippen LogP contribution in [-0.2, 0) is 11.3 Å². The van der Waals surface area contributed by atoms with Crippen LogP contribution in [0.2, 0.25) is 5.02 Å². The van der Waals surface area contributed by atoms with Crippen molar-refractivity contribution in [3.63, 3.8) is 0 Å². The fraction of sp³-hybridized carbons (Fsp3) is 0.250. The average molecular weight is 405 g/mol. The van der Waals surface area contributed by atoms with Crippen LogP contribution in [0, 0.1) is 6.92 Å². The van der Waals surface area contributed by atoms with E-state index >= 15 is 0 Å². The topological polar surface area (TPSA) is 44.1 Å². The lowest BCUT2D eigenvalue weighted by Gasteiger charge is -2.31. The third-order valence-electron chi connectivity index (χ3n) is 5.71. The maximum Gasteiger partial charge on any atom is 0.222 e. The quantitative estimate of drug-likeness (QED) is 0.585. The Kier molecular flexibility index (Phi) is 4.51. The Labute approximate surface area is 174 Å². The third kappa shape index (κ3) is 3.18. The van der Waals surface area contributed by atoms with Crippen LogP contribution in [0.25, 0.3) is 0 Å². The first kappa shape index (κ1) is 18.2. The first-order valence-electron chi connectivity index (χ1n) is 9.92. The third-order valence-corrected chi connectivity index (χ3v) is 5.96. The predicted molar refractivity (Wildman–Crippen MR) is 112 cm³/mol. The molecular weight excluding hydrogens is 384 g/mol. The van der Waals surface area contributed by atoms with Crippen molar-refractivity contribution in [2.45, 2.75) is 38.6 Å². The second-order valence-corrected chi connectivity index (χ2v) is 8.08. The number of carbonyl (C=O) groups is 1. The lowest BCUT2D eigenvalue weighted by Crippen LogP contribution is -2.26. The number of carbonyl (C=O) groups excluding carboxylic acids is 1. The van der Waals surface area contributed by atoms with Crippen LogP contribution < -0.4 is 4.74 Å². The van der Waals surface area contributed by atoms with Gasteiger partial charge in [0.25, 0.3) is 0 Å². The van der Waals surface area contributed by atoms with E-state index in [1.807, 2.05) is 54.1 Å². The molecule has 3 aromatic rings. The SMILES string of the molecule is Cc1nn(Cc2ccccc2)c2c1[C@H](c1ccc(Cl)cc1)C1=C(CCCC1=O)O2. The van der Waals surface area contributed by atoms with E-state index in [1.54, 1.807) is 0 Å². The number of ketones is 1. The Morgan fingerprint density at radius 1 is 1.10 bits per heavy atom. The number of hydrogen-bond acceptors (Lipinski definition) is 3. The molecule has 0 bridgehead atoms. The van der Waals surface area contributed by atoms with E-state index < -0.39 is 0 Å². The second-order valence-electron chi connectivity index (χ2n) is 7.65. The van der Waals surface area contributed by atoms with Crippen molar-refractivity contribution in [3.8, 4) is 5.88 Å². The maximum absolute atomic E-state index is 12.9. The summed E-state index contributed by atoms with van der Waals surface area (Å²) in [6, 6.07) is 18.0. The maximum atomic E-state index is 12.9. The van der Waals surface area contributed by atoms with Gasteiger partial charge >= 0.3 is 0 Å². The summed E-state index contributed by atoms with van der Waals surface area (Å²) < 4.78 is 8.26. The van der Waals surface area contributed by atoms with Crippen molar-refractivity contribution in [2.24, 2.45) is 0 Å². The van der Waals surface area contributed by atoms with Gasteiger partial charge in [0.05, 0.1) is 12.2 Å². The first-order valence-corrected chi connectivity index (χ1v) is 10.3. The monoisotopic (exact) mass is 404 g/mol. The van der Waals surface area contributed by atoms with Crippen LogP contribution in [-0.4, -0.2) is 15.6 Å². The molecule has 2 aliphatic rings. The Morgan fingerprint density at radius 2 is 1.86 bits per heavy atom. The summed E-state index contributed by atoms with van der Waals surface area (Å²) in [4.78, 5) is 12.9. The standard InChI is InChI=1S/C24H21ClN2O2/c1-15-21-22(17-10-12-18(25)13-11-17)23-19(28)8-5-9-20(23)29-24(21)27(26-15)14-16-6-3-2-4-7-16/h2-4,6-7,10-13,22H,5,8-9,14H2,1H3/t22-/m0/s1. The lowest BCUT2D eigenvalue weighted by atomic mass is 9.77. The van der Waals surface area contributed by atoms with Crippen LogP contribution >= 0.6 is 11.6 Å². The van der Waals surface area contributed by atoms with Crippen molar-refractivity contribution in [3.05, 3.63) is 93.3 Å². The van der Waals surface area contributed by atoms with Crippen molar-refractivity contribution in [1.82, 2.24) is 9.78 Å². The number of allylic oxidation sites excluding steroid dienone is 2. The van der Waals surface area contributed by atoms with E-state index in [-0.39, 0.29) is 11.7 Å². The van der Waals surface area contributed by atoms with Gasteiger partial charge in [0, 0.05) is 34.9 Å². The van der Waals surface area contributed by atoms with E-state index in [2.05, 4.69) is 12.1 Å². The Morgan fingerprint density at radius 3 is 2.62 bits per heavy atom. The highest BCUT2D eigenvalue weighted by Gasteiger charge is 2.40. The molecule has 146 valence electrons. The molecule has 1 aliphatic heterocycles. The van der Waals surface area contributed by atoms with Gasteiger partial charge in [-0.2, -0.15) is 5.10 Å². The number of Topliss-reactive ketones (excluding diaryl/α,β-unsaturated/α-hetero) is 1. The van der Waals surface area contributed by atoms with Gasteiger partial charge in [0.2, 0.25) is 5.88 Å². The molecule has 0 amide bonds. The highest BCUT2D eigenvalue weighted by atomic mass is 35.5.